The summed E-state index contributed by atoms with van der Waals surface area (Å²) in [5.74, 6) is -0.760. The summed E-state index contributed by atoms with van der Waals surface area (Å²) in [4.78, 5) is 39.8. The quantitative estimate of drug-likeness (QED) is 0.468. The van der Waals surface area contributed by atoms with Crippen molar-refractivity contribution in [1.82, 2.24) is 9.80 Å². The second-order valence-electron chi connectivity index (χ2n) is 6.18. The molecule has 1 aliphatic heterocycles. The molecule has 6 heteroatoms. The van der Waals surface area contributed by atoms with Gasteiger partial charge in [-0.25, -0.2) is 14.5 Å². The van der Waals surface area contributed by atoms with E-state index in [1.807, 2.05) is 0 Å². The highest BCUT2D eigenvalue weighted by Gasteiger charge is 2.51. The summed E-state index contributed by atoms with van der Waals surface area (Å²) in [5, 5.41) is 0. The third-order valence-corrected chi connectivity index (χ3v) is 4.28. The van der Waals surface area contributed by atoms with Crippen molar-refractivity contribution >= 4 is 17.9 Å². The van der Waals surface area contributed by atoms with Crippen molar-refractivity contribution in [2.24, 2.45) is 0 Å². The van der Waals surface area contributed by atoms with Crippen molar-refractivity contribution in [3.05, 3.63) is 59.8 Å². The molecule has 0 radical (unpaired) electrons. The van der Waals surface area contributed by atoms with Gasteiger partial charge < -0.3 is 9.64 Å². The zero-order valence-electron chi connectivity index (χ0n) is 14.9. The standard InChI is InChI=1S/C19H22N2O4/c1-6-15(7-2)21-17(23)19(3,4)20(18(21)24)12-13-9-8-10-14(11-13)16(22)25-5/h6-11H,1,12H2,2-5H3/b15-7+. The molecular formula is C19H22N2O4. The Bertz CT molecular complexity index is 764. The van der Waals surface area contributed by atoms with Gasteiger partial charge in [0.2, 0.25) is 0 Å². The lowest BCUT2D eigenvalue weighted by atomic mass is 10.0. The van der Waals surface area contributed by atoms with Gasteiger partial charge in [0, 0.05) is 12.2 Å². The summed E-state index contributed by atoms with van der Waals surface area (Å²) in [6.45, 7) is 9.01. The normalized spacial score (nSPS) is 17.0. The second-order valence-corrected chi connectivity index (χ2v) is 6.18. The van der Waals surface area contributed by atoms with Gasteiger partial charge in [-0.1, -0.05) is 24.8 Å². The summed E-state index contributed by atoms with van der Waals surface area (Å²) in [7, 11) is 1.31. The minimum absolute atomic E-state index is 0.201. The summed E-state index contributed by atoms with van der Waals surface area (Å²) in [5.41, 5.74) is 0.580. The predicted octanol–water partition coefficient (Wildman–Crippen LogP) is 3.11. The number of hydrogen-bond acceptors (Lipinski definition) is 4. The van der Waals surface area contributed by atoms with Crippen LogP contribution in [0.2, 0.25) is 0 Å². The van der Waals surface area contributed by atoms with Crippen LogP contribution in [0.1, 0.15) is 36.7 Å². The second kappa shape index (κ2) is 6.93. The molecular weight excluding hydrogens is 320 g/mol. The summed E-state index contributed by atoms with van der Waals surface area (Å²) >= 11 is 0. The Hall–Kier alpha value is -2.89. The van der Waals surface area contributed by atoms with Gasteiger partial charge in [-0.2, -0.15) is 0 Å². The number of esters is 1. The van der Waals surface area contributed by atoms with E-state index in [-0.39, 0.29) is 12.5 Å². The molecule has 132 valence electrons. The number of imide groups is 1. The first kappa shape index (κ1) is 18.4. The lowest BCUT2D eigenvalue weighted by Crippen LogP contribution is -2.43. The molecule has 1 aliphatic rings. The van der Waals surface area contributed by atoms with Crippen molar-refractivity contribution in [3.8, 4) is 0 Å². The van der Waals surface area contributed by atoms with Gasteiger partial charge in [-0.15, -0.1) is 0 Å². The number of nitrogens with zero attached hydrogens (tertiary/aromatic N) is 2. The van der Waals surface area contributed by atoms with Gasteiger partial charge in [0.15, 0.2) is 0 Å². The van der Waals surface area contributed by atoms with Crippen LogP contribution in [0.15, 0.2) is 48.7 Å². The van der Waals surface area contributed by atoms with E-state index in [0.29, 0.717) is 11.3 Å². The van der Waals surface area contributed by atoms with E-state index in [9.17, 15) is 14.4 Å². The van der Waals surface area contributed by atoms with E-state index in [1.165, 1.54) is 18.1 Å². The number of methoxy groups -OCH3 is 1. The molecule has 0 bridgehead atoms. The number of amides is 3. The SMILES string of the molecule is C=C/C(=C\C)N1C(=O)N(Cc2cccc(C(=O)OC)c2)C(C)(C)C1=O. The molecule has 25 heavy (non-hydrogen) atoms. The molecule has 3 amide bonds. The topological polar surface area (TPSA) is 66.9 Å². The first-order valence-corrected chi connectivity index (χ1v) is 7.90. The van der Waals surface area contributed by atoms with Crippen molar-refractivity contribution < 1.29 is 19.1 Å². The largest absolute Gasteiger partial charge is 0.465 e. The van der Waals surface area contributed by atoms with E-state index in [4.69, 9.17) is 4.74 Å². The monoisotopic (exact) mass is 342 g/mol. The molecule has 0 saturated carbocycles. The molecule has 1 aromatic carbocycles. The van der Waals surface area contributed by atoms with Crippen LogP contribution in [-0.2, 0) is 16.1 Å². The Kier molecular flexibility index (Phi) is 5.11. The molecule has 1 fully saturated rings. The summed E-state index contributed by atoms with van der Waals surface area (Å²) in [6, 6.07) is 6.40. The van der Waals surface area contributed by atoms with Gasteiger partial charge in [0.05, 0.1) is 12.7 Å². The molecule has 0 spiro atoms. The van der Waals surface area contributed by atoms with Gasteiger partial charge in [-0.05, 0) is 44.5 Å². The van der Waals surface area contributed by atoms with Crippen molar-refractivity contribution in [2.75, 3.05) is 7.11 Å². The maximum absolute atomic E-state index is 12.8. The van der Waals surface area contributed by atoms with Crippen molar-refractivity contribution in [2.45, 2.75) is 32.9 Å². The third kappa shape index (κ3) is 3.20. The minimum Gasteiger partial charge on any atom is -0.465 e. The van der Waals surface area contributed by atoms with E-state index >= 15 is 0 Å². The van der Waals surface area contributed by atoms with Crippen LogP contribution in [-0.4, -0.2) is 40.4 Å². The Labute approximate surface area is 147 Å². The van der Waals surface area contributed by atoms with Crippen molar-refractivity contribution in [1.29, 1.82) is 0 Å². The fourth-order valence-electron chi connectivity index (χ4n) is 2.76. The van der Waals surface area contributed by atoms with Gasteiger partial charge >= 0.3 is 12.0 Å². The van der Waals surface area contributed by atoms with Crippen LogP contribution in [0.25, 0.3) is 0 Å². The van der Waals surface area contributed by atoms with Gasteiger partial charge in [-0.3, -0.25) is 4.79 Å². The number of ether oxygens (including phenoxy) is 1. The van der Waals surface area contributed by atoms with Crippen molar-refractivity contribution in [3.63, 3.8) is 0 Å². The molecule has 6 nitrogen and oxygen atoms in total. The van der Waals surface area contributed by atoms with Crippen LogP contribution >= 0.6 is 0 Å². The number of benzene rings is 1. The molecule has 0 N–H and O–H groups in total. The highest BCUT2D eigenvalue weighted by molar-refractivity contribution is 6.08. The number of carbonyl (C=O) groups excluding carboxylic acids is 3. The number of urea groups is 1. The lowest BCUT2D eigenvalue weighted by molar-refractivity contribution is -0.130. The molecule has 1 saturated heterocycles. The molecule has 1 heterocycles. The number of carbonyl (C=O) groups is 3. The number of rotatable bonds is 5. The maximum atomic E-state index is 12.8. The summed E-state index contributed by atoms with van der Waals surface area (Å²) in [6.07, 6.45) is 3.15. The Morgan fingerprint density at radius 1 is 1.32 bits per heavy atom. The van der Waals surface area contributed by atoms with Gasteiger partial charge in [0.25, 0.3) is 5.91 Å². The predicted molar refractivity (Wildman–Crippen MR) is 93.6 cm³/mol. The molecule has 0 atom stereocenters. The van der Waals surface area contributed by atoms with Crippen LogP contribution in [0.3, 0.4) is 0 Å². The first-order valence-electron chi connectivity index (χ1n) is 7.90. The average Bonchev–Trinajstić information content (AvgIpc) is 2.77. The fourth-order valence-corrected chi connectivity index (χ4v) is 2.76. The highest BCUT2D eigenvalue weighted by atomic mass is 16.5. The molecule has 0 aliphatic carbocycles. The Morgan fingerprint density at radius 2 is 2.00 bits per heavy atom. The molecule has 1 aromatic rings. The summed E-state index contributed by atoms with van der Waals surface area (Å²) < 4.78 is 4.72. The Balaban J connectivity index is 2.36. The first-order chi connectivity index (χ1) is 11.8. The van der Waals surface area contributed by atoms with Crippen LogP contribution in [0.4, 0.5) is 4.79 Å². The number of allylic oxidation sites excluding steroid dienone is 2. The lowest BCUT2D eigenvalue weighted by Gasteiger charge is -2.27. The smallest absolute Gasteiger partial charge is 0.337 e. The van der Waals surface area contributed by atoms with E-state index < -0.39 is 17.5 Å². The highest BCUT2D eigenvalue weighted by Crippen LogP contribution is 2.32. The third-order valence-electron chi connectivity index (χ3n) is 4.28. The van der Waals surface area contributed by atoms with E-state index in [0.717, 1.165) is 10.5 Å². The van der Waals surface area contributed by atoms with E-state index in [1.54, 1.807) is 51.1 Å². The molecule has 2 rings (SSSR count). The fraction of sp³-hybridized carbons (Fsp3) is 0.316. The minimum atomic E-state index is -1.00. The maximum Gasteiger partial charge on any atom is 0.337 e. The van der Waals surface area contributed by atoms with Crippen LogP contribution in [0.5, 0.6) is 0 Å². The van der Waals surface area contributed by atoms with Gasteiger partial charge in [0.1, 0.15) is 5.54 Å². The number of hydrogen-bond donors (Lipinski definition) is 0. The zero-order valence-corrected chi connectivity index (χ0v) is 14.9. The van der Waals surface area contributed by atoms with Crippen LogP contribution < -0.4 is 0 Å². The van der Waals surface area contributed by atoms with Crippen LogP contribution in [0, 0.1) is 0 Å². The Morgan fingerprint density at radius 3 is 2.56 bits per heavy atom. The molecule has 0 aromatic heterocycles. The average molecular weight is 342 g/mol. The molecule has 0 unspecified atom stereocenters. The van der Waals surface area contributed by atoms with E-state index in [2.05, 4.69) is 6.58 Å². The zero-order chi connectivity index (χ0) is 18.8.